The first-order chi connectivity index (χ1) is 12.3. The van der Waals surface area contributed by atoms with Gasteiger partial charge in [0.05, 0.1) is 5.25 Å². The van der Waals surface area contributed by atoms with E-state index in [4.69, 9.17) is 5.73 Å². The van der Waals surface area contributed by atoms with Crippen LogP contribution < -0.4 is 17.0 Å². The monoisotopic (exact) mass is 378 g/mol. The molecule has 1 atom stereocenters. The summed E-state index contributed by atoms with van der Waals surface area (Å²) in [6, 6.07) is 0. The van der Waals surface area contributed by atoms with Gasteiger partial charge in [-0.2, -0.15) is 0 Å². The Hall–Kier alpha value is -2.36. The van der Waals surface area contributed by atoms with Crippen LogP contribution in [0.15, 0.2) is 14.7 Å². The fourth-order valence-electron chi connectivity index (χ4n) is 3.05. The third kappa shape index (κ3) is 3.09. The van der Waals surface area contributed by atoms with Crippen LogP contribution in [0.25, 0.3) is 0 Å². The van der Waals surface area contributed by atoms with Gasteiger partial charge in [0.25, 0.3) is 5.56 Å². The lowest BCUT2D eigenvalue weighted by molar-refractivity contribution is 0.0992. The van der Waals surface area contributed by atoms with Crippen LogP contribution in [0, 0.1) is 0 Å². The van der Waals surface area contributed by atoms with Gasteiger partial charge in [-0.15, -0.1) is 10.2 Å². The van der Waals surface area contributed by atoms with Gasteiger partial charge in [0, 0.05) is 27.1 Å². The van der Waals surface area contributed by atoms with Gasteiger partial charge >= 0.3 is 5.69 Å². The number of aromatic nitrogens is 5. The molecule has 2 aromatic heterocycles. The Labute approximate surface area is 154 Å². The Morgan fingerprint density at radius 1 is 1.15 bits per heavy atom. The van der Waals surface area contributed by atoms with Crippen molar-refractivity contribution in [2.24, 2.45) is 14.1 Å². The number of fused-ring (bicyclic) bond motifs is 1. The maximum absolute atomic E-state index is 12.9. The molecule has 0 aromatic carbocycles. The largest absolute Gasteiger partial charge is 0.384 e. The Morgan fingerprint density at radius 3 is 2.62 bits per heavy atom. The molecule has 0 fully saturated rings. The molecular formula is C16H22N6O3S. The van der Waals surface area contributed by atoms with Crippen molar-refractivity contribution in [1.29, 1.82) is 0 Å². The minimum atomic E-state index is -0.678. The molecule has 0 saturated heterocycles. The van der Waals surface area contributed by atoms with Gasteiger partial charge in [0.15, 0.2) is 10.9 Å². The molecule has 0 spiro atoms. The molecule has 0 saturated carbocycles. The van der Waals surface area contributed by atoms with Crippen LogP contribution in [0.2, 0.25) is 0 Å². The Morgan fingerprint density at radius 2 is 1.88 bits per heavy atom. The van der Waals surface area contributed by atoms with Crippen LogP contribution in [0.5, 0.6) is 0 Å². The lowest BCUT2D eigenvalue weighted by Crippen LogP contribution is -2.42. The first-order valence-corrected chi connectivity index (χ1v) is 9.39. The molecule has 10 heteroatoms. The molecule has 1 aliphatic heterocycles. The van der Waals surface area contributed by atoms with Crippen molar-refractivity contribution in [2.75, 3.05) is 5.73 Å². The topological polar surface area (TPSA) is 118 Å². The number of aryl methyl sites for hydroxylation is 1. The van der Waals surface area contributed by atoms with E-state index in [0.717, 1.165) is 47.2 Å². The number of ketones is 1. The third-order valence-electron chi connectivity index (χ3n) is 4.68. The average molecular weight is 378 g/mol. The van der Waals surface area contributed by atoms with Gasteiger partial charge < -0.3 is 10.3 Å². The molecule has 0 amide bonds. The quantitative estimate of drug-likeness (QED) is 0.602. The number of nitrogens with zero attached hydrogens (tertiary/aromatic N) is 5. The number of hydrogen-bond donors (Lipinski definition) is 1. The lowest BCUT2D eigenvalue weighted by Gasteiger charge is -2.14. The molecular weight excluding hydrogens is 356 g/mol. The highest BCUT2D eigenvalue weighted by Gasteiger charge is 2.27. The number of carbonyl (C=O) groups is 1. The number of rotatable bonds is 4. The summed E-state index contributed by atoms with van der Waals surface area (Å²) in [4.78, 5) is 37.2. The summed E-state index contributed by atoms with van der Waals surface area (Å²) in [5.74, 6) is 0.396. The summed E-state index contributed by atoms with van der Waals surface area (Å²) in [6.07, 6.45) is 4.16. The molecule has 26 heavy (non-hydrogen) atoms. The highest BCUT2D eigenvalue weighted by Crippen LogP contribution is 2.27. The number of Topliss-reactive ketones (excluding diaryl/α,β-unsaturated/α-hetero) is 1. The number of thioether (sulfide) groups is 1. The molecule has 3 rings (SSSR count). The second-order valence-corrected chi connectivity index (χ2v) is 7.76. The van der Waals surface area contributed by atoms with Gasteiger partial charge in [-0.25, -0.2) is 4.79 Å². The smallest absolute Gasteiger partial charge is 0.332 e. The summed E-state index contributed by atoms with van der Waals surface area (Å²) in [5, 5.41) is 8.51. The maximum Gasteiger partial charge on any atom is 0.332 e. The predicted octanol–water partition coefficient (Wildman–Crippen LogP) is 0.348. The third-order valence-corrected chi connectivity index (χ3v) is 5.76. The van der Waals surface area contributed by atoms with Gasteiger partial charge in [0.2, 0.25) is 0 Å². The second-order valence-electron chi connectivity index (χ2n) is 6.45. The van der Waals surface area contributed by atoms with E-state index in [-0.39, 0.29) is 11.4 Å². The van der Waals surface area contributed by atoms with Gasteiger partial charge in [-0.1, -0.05) is 18.2 Å². The Balaban J connectivity index is 1.92. The van der Waals surface area contributed by atoms with E-state index in [1.807, 2.05) is 4.57 Å². The number of nitrogen functional groups attached to an aromatic ring is 1. The van der Waals surface area contributed by atoms with Crippen LogP contribution in [-0.2, 0) is 27.1 Å². The number of anilines is 1. The number of nitrogens with two attached hydrogens (primary N) is 1. The molecule has 9 nitrogen and oxygen atoms in total. The SMILES string of the molecule is C[C@H](Sc1nnc2n1CCCCC2)C(=O)c1c(N)n(C)c(=O)n(C)c1=O. The standard InChI is InChI=1S/C16H22N6O3S/c1-9(26-15-19-18-10-7-5-4-6-8-22(10)15)12(23)11-13(17)20(2)16(25)21(3)14(11)24/h9H,4-8,17H2,1-3H3/t9-/m0/s1. The van der Waals surface area contributed by atoms with Crippen LogP contribution in [0.4, 0.5) is 5.82 Å². The molecule has 0 unspecified atom stereocenters. The zero-order chi connectivity index (χ0) is 19.0. The lowest BCUT2D eigenvalue weighted by atomic mass is 10.1. The molecule has 1 aliphatic rings. The average Bonchev–Trinajstić information content (AvgIpc) is 2.84. The highest BCUT2D eigenvalue weighted by molar-refractivity contribution is 8.00. The molecule has 2 N–H and O–H groups in total. The normalized spacial score (nSPS) is 15.3. The van der Waals surface area contributed by atoms with Crippen molar-refractivity contribution >= 4 is 23.4 Å². The van der Waals surface area contributed by atoms with Crippen LogP contribution >= 0.6 is 11.8 Å². The zero-order valence-corrected chi connectivity index (χ0v) is 15.9. The zero-order valence-electron chi connectivity index (χ0n) is 15.1. The minimum Gasteiger partial charge on any atom is -0.384 e. The number of hydrogen-bond acceptors (Lipinski definition) is 7. The molecule has 140 valence electrons. The van der Waals surface area contributed by atoms with Crippen molar-refractivity contribution in [3.63, 3.8) is 0 Å². The predicted molar refractivity (Wildman–Crippen MR) is 98.6 cm³/mol. The molecule has 0 bridgehead atoms. The first kappa shape index (κ1) is 18.4. The summed E-state index contributed by atoms with van der Waals surface area (Å²) in [7, 11) is 2.77. The Kier molecular flexibility index (Phi) is 5.03. The summed E-state index contributed by atoms with van der Waals surface area (Å²) in [6.45, 7) is 2.53. The van der Waals surface area contributed by atoms with E-state index in [2.05, 4.69) is 10.2 Å². The molecule has 2 aromatic rings. The van der Waals surface area contributed by atoms with E-state index >= 15 is 0 Å². The van der Waals surface area contributed by atoms with E-state index in [0.29, 0.717) is 5.16 Å². The summed E-state index contributed by atoms with van der Waals surface area (Å²) >= 11 is 1.26. The highest BCUT2D eigenvalue weighted by atomic mass is 32.2. The van der Waals surface area contributed by atoms with Gasteiger partial charge in [-0.3, -0.25) is 18.7 Å². The fourth-order valence-corrected chi connectivity index (χ4v) is 4.00. The first-order valence-electron chi connectivity index (χ1n) is 8.51. The Bertz CT molecular complexity index is 974. The molecule has 0 radical (unpaired) electrons. The van der Waals surface area contributed by atoms with E-state index in [9.17, 15) is 14.4 Å². The van der Waals surface area contributed by atoms with E-state index < -0.39 is 22.3 Å². The fraction of sp³-hybridized carbons (Fsp3) is 0.562. The van der Waals surface area contributed by atoms with Crippen molar-refractivity contribution in [3.05, 3.63) is 32.2 Å². The van der Waals surface area contributed by atoms with Crippen LogP contribution in [-0.4, -0.2) is 34.9 Å². The van der Waals surface area contributed by atoms with Gasteiger partial charge in [0.1, 0.15) is 17.2 Å². The maximum atomic E-state index is 12.9. The molecule has 0 aliphatic carbocycles. The van der Waals surface area contributed by atoms with E-state index in [1.165, 1.54) is 25.9 Å². The summed E-state index contributed by atoms with van der Waals surface area (Å²) < 4.78 is 4.04. The van der Waals surface area contributed by atoms with Gasteiger partial charge in [-0.05, 0) is 19.8 Å². The van der Waals surface area contributed by atoms with Crippen LogP contribution in [0.3, 0.4) is 0 Å². The van der Waals surface area contributed by atoms with Crippen molar-refractivity contribution in [1.82, 2.24) is 23.9 Å². The minimum absolute atomic E-state index is 0.115. The van der Waals surface area contributed by atoms with Crippen LogP contribution in [0.1, 0.15) is 42.4 Å². The molecule has 3 heterocycles. The van der Waals surface area contributed by atoms with E-state index in [1.54, 1.807) is 6.92 Å². The number of carbonyl (C=O) groups excluding carboxylic acids is 1. The van der Waals surface area contributed by atoms with Crippen molar-refractivity contribution in [2.45, 2.75) is 49.6 Å². The van der Waals surface area contributed by atoms with Crippen molar-refractivity contribution in [3.8, 4) is 0 Å². The second kappa shape index (κ2) is 7.10. The van der Waals surface area contributed by atoms with Crippen molar-refractivity contribution < 1.29 is 4.79 Å². The summed E-state index contributed by atoms with van der Waals surface area (Å²) in [5.41, 5.74) is 4.48.